The Hall–Kier alpha value is -2.94. The Bertz CT molecular complexity index is 1000. The second-order valence-electron chi connectivity index (χ2n) is 7.32. The number of carbonyl (C=O) groups excluding carboxylic acids is 1. The average Bonchev–Trinajstić information content (AvgIpc) is 3.38. The molecule has 0 aliphatic carbocycles. The van der Waals surface area contributed by atoms with Gasteiger partial charge < -0.3 is 14.6 Å². The van der Waals surface area contributed by atoms with Crippen LogP contribution in [0.5, 0.6) is 0 Å². The van der Waals surface area contributed by atoms with Crippen LogP contribution in [0, 0.1) is 13.8 Å². The van der Waals surface area contributed by atoms with Gasteiger partial charge in [0.15, 0.2) is 6.10 Å². The molecular weight excluding hydrogens is 358 g/mol. The highest BCUT2D eigenvalue weighted by Gasteiger charge is 2.25. The Morgan fingerprint density at radius 3 is 2.86 bits per heavy atom. The van der Waals surface area contributed by atoms with Crippen molar-refractivity contribution in [2.45, 2.75) is 45.9 Å². The van der Waals surface area contributed by atoms with Gasteiger partial charge in [0.25, 0.3) is 0 Å². The van der Waals surface area contributed by atoms with Crippen LogP contribution in [-0.2, 0) is 31.4 Å². The maximum absolute atomic E-state index is 12.7. The van der Waals surface area contributed by atoms with Crippen molar-refractivity contribution in [3.8, 4) is 0 Å². The molecule has 0 saturated heterocycles. The van der Waals surface area contributed by atoms with Crippen LogP contribution in [0.15, 0.2) is 18.5 Å². The first kappa shape index (κ1) is 18.4. The second kappa shape index (κ2) is 7.23. The molecule has 1 aliphatic rings. The first-order chi connectivity index (χ1) is 13.4. The summed E-state index contributed by atoms with van der Waals surface area (Å²) >= 11 is 0. The van der Waals surface area contributed by atoms with Crippen molar-refractivity contribution < 1.29 is 9.90 Å². The van der Waals surface area contributed by atoms with Crippen molar-refractivity contribution in [2.24, 2.45) is 7.05 Å². The lowest BCUT2D eigenvalue weighted by atomic mass is 10.1. The minimum Gasteiger partial charge on any atom is -0.379 e. The largest absolute Gasteiger partial charge is 0.379 e. The van der Waals surface area contributed by atoms with Crippen LogP contribution in [0.3, 0.4) is 0 Å². The van der Waals surface area contributed by atoms with Crippen molar-refractivity contribution in [3.63, 3.8) is 0 Å². The zero-order chi connectivity index (χ0) is 19.8. The highest BCUT2D eigenvalue weighted by atomic mass is 16.3. The number of amides is 1. The van der Waals surface area contributed by atoms with Crippen LogP contribution < -0.4 is 0 Å². The molecule has 3 aromatic heterocycles. The summed E-state index contributed by atoms with van der Waals surface area (Å²) in [5, 5.41) is 22.3. The van der Waals surface area contributed by atoms with E-state index in [1.54, 1.807) is 17.0 Å². The molecule has 4 heterocycles. The fraction of sp³-hybridized carbons (Fsp3) is 0.474. The molecule has 0 saturated carbocycles. The number of aliphatic hydroxyl groups is 1. The minimum absolute atomic E-state index is 0.110. The van der Waals surface area contributed by atoms with Gasteiger partial charge in [-0.25, -0.2) is 4.98 Å². The van der Waals surface area contributed by atoms with Gasteiger partial charge in [0, 0.05) is 44.5 Å². The number of fused-ring (bicyclic) bond motifs is 1. The fourth-order valence-electron chi connectivity index (χ4n) is 3.57. The molecule has 1 unspecified atom stereocenters. The van der Waals surface area contributed by atoms with Gasteiger partial charge in [0.2, 0.25) is 5.91 Å². The highest BCUT2D eigenvalue weighted by molar-refractivity contribution is 5.76. The second-order valence-corrected chi connectivity index (χ2v) is 7.32. The number of imidazole rings is 1. The predicted octanol–water partition coefficient (Wildman–Crippen LogP) is 1.01. The number of H-pyrrole nitrogens is 1. The molecule has 2 N–H and O–H groups in total. The Labute approximate surface area is 163 Å². The monoisotopic (exact) mass is 383 g/mol. The van der Waals surface area contributed by atoms with E-state index in [0.717, 1.165) is 22.6 Å². The number of aromatic amines is 1. The molecular formula is C19H25N7O2. The number of aromatic nitrogens is 6. The fourth-order valence-corrected chi connectivity index (χ4v) is 3.57. The van der Waals surface area contributed by atoms with Gasteiger partial charge in [-0.15, -0.1) is 0 Å². The zero-order valence-corrected chi connectivity index (χ0v) is 16.4. The molecule has 0 bridgehead atoms. The summed E-state index contributed by atoms with van der Waals surface area (Å²) in [6.07, 6.45) is 3.62. The summed E-state index contributed by atoms with van der Waals surface area (Å²) in [5.41, 5.74) is 4.60. The molecule has 1 atom stereocenters. The molecule has 4 rings (SSSR count). The highest BCUT2D eigenvalue weighted by Crippen LogP contribution is 2.23. The standard InChI is InChI=1S/C19H25N7O2/c1-12-13(2)21-22-15(12)4-5-17(27)25-8-9-26-14(11-25)10-16(23-26)18(28)19-20-6-7-24(19)3/h6-7,10,18,28H,4-5,8-9,11H2,1-3H3,(H,21,22). The van der Waals surface area contributed by atoms with E-state index in [4.69, 9.17) is 0 Å². The molecule has 0 fully saturated rings. The number of rotatable bonds is 5. The van der Waals surface area contributed by atoms with Gasteiger partial charge in [0.05, 0.1) is 30.2 Å². The zero-order valence-electron chi connectivity index (χ0n) is 16.4. The Morgan fingerprint density at radius 1 is 1.36 bits per heavy atom. The number of hydrogen-bond donors (Lipinski definition) is 2. The van der Waals surface area contributed by atoms with Crippen molar-refractivity contribution >= 4 is 5.91 Å². The third-order valence-electron chi connectivity index (χ3n) is 5.48. The van der Waals surface area contributed by atoms with Crippen molar-refractivity contribution in [1.82, 2.24) is 34.4 Å². The third kappa shape index (κ3) is 3.33. The van der Waals surface area contributed by atoms with Gasteiger partial charge in [-0.3, -0.25) is 14.6 Å². The molecule has 0 radical (unpaired) electrons. The van der Waals surface area contributed by atoms with Gasteiger partial charge in [-0.05, 0) is 25.5 Å². The number of nitrogens with zero attached hydrogens (tertiary/aromatic N) is 6. The van der Waals surface area contributed by atoms with E-state index in [1.165, 1.54) is 0 Å². The normalized spacial score (nSPS) is 14.9. The molecule has 1 aliphatic heterocycles. The molecule has 148 valence electrons. The molecule has 0 aromatic carbocycles. The number of carbonyl (C=O) groups is 1. The topological polar surface area (TPSA) is 105 Å². The van der Waals surface area contributed by atoms with Gasteiger partial charge in [0.1, 0.15) is 5.82 Å². The van der Waals surface area contributed by atoms with Crippen LogP contribution in [0.25, 0.3) is 0 Å². The molecule has 3 aromatic rings. The van der Waals surface area contributed by atoms with E-state index in [1.807, 2.05) is 36.5 Å². The molecule has 28 heavy (non-hydrogen) atoms. The summed E-state index contributed by atoms with van der Waals surface area (Å²) in [7, 11) is 1.84. The van der Waals surface area contributed by atoms with Crippen LogP contribution >= 0.6 is 0 Å². The van der Waals surface area contributed by atoms with Gasteiger partial charge in [-0.1, -0.05) is 0 Å². The lowest BCUT2D eigenvalue weighted by Crippen LogP contribution is -2.38. The van der Waals surface area contributed by atoms with E-state index in [0.29, 0.717) is 44.0 Å². The molecule has 9 nitrogen and oxygen atoms in total. The van der Waals surface area contributed by atoms with Crippen molar-refractivity contribution in [1.29, 1.82) is 0 Å². The average molecular weight is 383 g/mol. The Balaban J connectivity index is 1.42. The van der Waals surface area contributed by atoms with E-state index in [-0.39, 0.29) is 5.91 Å². The van der Waals surface area contributed by atoms with Crippen molar-refractivity contribution in [3.05, 3.63) is 52.6 Å². The number of hydrogen-bond acceptors (Lipinski definition) is 5. The number of aryl methyl sites for hydroxylation is 3. The van der Waals surface area contributed by atoms with E-state index < -0.39 is 6.10 Å². The first-order valence-electron chi connectivity index (χ1n) is 9.44. The number of nitrogens with one attached hydrogen (secondary N) is 1. The minimum atomic E-state index is -0.881. The van der Waals surface area contributed by atoms with Crippen LogP contribution in [0.4, 0.5) is 0 Å². The molecule has 1 amide bonds. The maximum atomic E-state index is 12.7. The van der Waals surface area contributed by atoms with E-state index in [2.05, 4.69) is 20.3 Å². The summed E-state index contributed by atoms with van der Waals surface area (Å²) < 4.78 is 3.64. The maximum Gasteiger partial charge on any atom is 0.223 e. The molecule has 0 spiro atoms. The predicted molar refractivity (Wildman–Crippen MR) is 101 cm³/mol. The van der Waals surface area contributed by atoms with Gasteiger partial charge >= 0.3 is 0 Å². The molecule has 9 heteroatoms. The Kier molecular flexibility index (Phi) is 4.76. The van der Waals surface area contributed by atoms with Crippen molar-refractivity contribution in [2.75, 3.05) is 6.54 Å². The smallest absolute Gasteiger partial charge is 0.223 e. The van der Waals surface area contributed by atoms with E-state index >= 15 is 0 Å². The van der Waals surface area contributed by atoms with E-state index in [9.17, 15) is 9.90 Å². The first-order valence-corrected chi connectivity index (χ1v) is 9.44. The summed E-state index contributed by atoms with van der Waals surface area (Å²) in [6.45, 7) is 5.74. The summed E-state index contributed by atoms with van der Waals surface area (Å²) in [5.74, 6) is 0.659. The van der Waals surface area contributed by atoms with Crippen LogP contribution in [-0.4, -0.2) is 52.0 Å². The number of aliphatic hydroxyl groups excluding tert-OH is 1. The lowest BCUT2D eigenvalue weighted by molar-refractivity contribution is -0.132. The van der Waals surface area contributed by atoms with Crippen LogP contribution in [0.2, 0.25) is 0 Å². The van der Waals surface area contributed by atoms with Gasteiger partial charge in [-0.2, -0.15) is 10.2 Å². The van der Waals surface area contributed by atoms with Crippen LogP contribution in [0.1, 0.15) is 46.7 Å². The lowest BCUT2D eigenvalue weighted by Gasteiger charge is -2.27. The summed E-state index contributed by atoms with van der Waals surface area (Å²) in [4.78, 5) is 18.7. The SMILES string of the molecule is Cc1[nH]nc(CCC(=O)N2CCn3nc(C(O)c4nccn4C)cc3C2)c1C. The summed E-state index contributed by atoms with van der Waals surface area (Å²) in [6, 6.07) is 1.86. The Morgan fingerprint density at radius 2 is 2.18 bits per heavy atom. The quantitative estimate of drug-likeness (QED) is 0.684. The third-order valence-corrected chi connectivity index (χ3v) is 5.48.